The normalized spacial score (nSPS) is 10.2. The second kappa shape index (κ2) is 21.1. The van der Waals surface area contributed by atoms with Crippen LogP contribution in [0.25, 0.3) is 10.2 Å². The Hall–Kier alpha value is -4.65. The van der Waals surface area contributed by atoms with Crippen LogP contribution >= 0.6 is 22.7 Å². The first-order valence-corrected chi connectivity index (χ1v) is 14.2. The third-order valence-electron chi connectivity index (χ3n) is 4.46. The molecule has 16 nitrogen and oxygen atoms in total. The van der Waals surface area contributed by atoms with Gasteiger partial charge in [-0.15, -0.1) is 22.7 Å². The molecule has 0 aliphatic rings. The van der Waals surface area contributed by atoms with Gasteiger partial charge in [-0.25, -0.2) is 19.2 Å². The van der Waals surface area contributed by atoms with Crippen LogP contribution in [0.2, 0.25) is 0 Å². The number of ketones is 1. The second-order valence-electron chi connectivity index (χ2n) is 7.42. The Morgan fingerprint density at radius 1 is 0.977 bits per heavy atom. The predicted molar refractivity (Wildman–Crippen MR) is 154 cm³/mol. The quantitative estimate of drug-likeness (QED) is 0.117. The van der Waals surface area contributed by atoms with Crippen LogP contribution in [-0.2, 0) is 42.9 Å². The lowest BCUT2D eigenvalue weighted by atomic mass is 10.2. The standard InChI is InChI=1S/C11H11NO4S.C9H14O6.C4H5NS.C2H2O4/c1-3-16-11(14)7-8(15-2)10(13)12-6-4-5-17-9(6)7;1-4-14-8(11)6(10)7(13-3)9(12)15-5-2;5-4-1-2-6-3-4;3-1(4)2(5)6/h4-5H,3H2,1-2H3,(H,12,13);7H,4-5H2,1-3H3;1-3H,5H2;(H,3,4)(H,5,6). The Morgan fingerprint density at radius 2 is 1.57 bits per heavy atom. The third-order valence-corrected chi connectivity index (χ3v) is 6.13. The predicted octanol–water partition coefficient (Wildman–Crippen LogP) is -0.0860. The van der Waals surface area contributed by atoms with E-state index in [2.05, 4.69) is 24.9 Å². The fourth-order valence-electron chi connectivity index (χ4n) is 2.71. The number of hydrogen-bond donors (Lipinski definition) is 3. The van der Waals surface area contributed by atoms with Gasteiger partial charge in [0.25, 0.3) is 11.3 Å². The number of aliphatic carboxylic acids is 2. The number of carbonyl (C=O) groups excluding carboxylic acids is 5. The van der Waals surface area contributed by atoms with Crippen LogP contribution in [0.5, 0.6) is 5.75 Å². The Morgan fingerprint density at radius 3 is 1.98 bits per heavy atom. The van der Waals surface area contributed by atoms with E-state index in [4.69, 9.17) is 29.3 Å². The summed E-state index contributed by atoms with van der Waals surface area (Å²) in [5.41, 5.74) is 5.18. The van der Waals surface area contributed by atoms with Crippen molar-refractivity contribution >= 4 is 74.2 Å². The van der Waals surface area contributed by atoms with Crippen LogP contribution in [0.3, 0.4) is 0 Å². The van der Waals surface area contributed by atoms with Crippen molar-refractivity contribution in [2.24, 2.45) is 0 Å². The molecule has 1 unspecified atom stereocenters. The molecule has 3 rings (SSSR count). The molecule has 3 aromatic heterocycles. The smallest absolute Gasteiger partial charge is 0.378 e. The van der Waals surface area contributed by atoms with Crippen LogP contribution < -0.4 is 21.1 Å². The third kappa shape index (κ3) is 13.1. The molecule has 1 atom stereocenters. The van der Waals surface area contributed by atoms with Gasteiger partial charge in [-0.2, -0.15) is 0 Å². The summed E-state index contributed by atoms with van der Waals surface area (Å²) in [5.74, 6) is -7.60. The van der Waals surface area contributed by atoms with E-state index in [0.29, 0.717) is 10.2 Å². The van der Waals surface area contributed by atoms with Crippen LogP contribution in [0.1, 0.15) is 31.1 Å². The van der Waals surface area contributed by atoms with Gasteiger partial charge in [0.05, 0.1) is 42.5 Å². The number of esters is 3. The first-order chi connectivity index (χ1) is 20.8. The van der Waals surface area contributed by atoms with E-state index in [1.807, 2.05) is 16.8 Å². The van der Waals surface area contributed by atoms with Crippen LogP contribution in [0.15, 0.2) is 33.1 Å². The fraction of sp³-hybridized carbons (Fsp3) is 0.346. The molecule has 0 saturated carbocycles. The summed E-state index contributed by atoms with van der Waals surface area (Å²) in [7, 11) is 2.49. The highest BCUT2D eigenvalue weighted by atomic mass is 32.1. The average Bonchev–Trinajstić information content (AvgIpc) is 3.65. The molecule has 0 radical (unpaired) electrons. The van der Waals surface area contributed by atoms with E-state index in [9.17, 15) is 24.0 Å². The lowest BCUT2D eigenvalue weighted by Crippen LogP contribution is -2.39. The van der Waals surface area contributed by atoms with Crippen molar-refractivity contribution < 1.29 is 68.4 Å². The maximum Gasteiger partial charge on any atom is 0.378 e. The fourth-order valence-corrected chi connectivity index (χ4v) is 4.18. The first kappa shape index (κ1) is 39.4. The molecule has 0 aliphatic heterocycles. The summed E-state index contributed by atoms with van der Waals surface area (Å²) in [6, 6.07) is 3.73. The molecule has 0 aliphatic carbocycles. The Kier molecular flexibility index (Phi) is 18.9. The zero-order valence-corrected chi connectivity index (χ0v) is 26.0. The summed E-state index contributed by atoms with van der Waals surface area (Å²) in [5, 5.41) is 22.1. The van der Waals surface area contributed by atoms with Crippen molar-refractivity contribution in [1.29, 1.82) is 0 Å². The number of hydrogen-bond acceptors (Lipinski definition) is 15. The molecule has 0 aromatic carbocycles. The number of carbonyl (C=O) groups is 6. The second-order valence-corrected chi connectivity index (χ2v) is 9.12. The Balaban J connectivity index is 0.000000619. The van der Waals surface area contributed by atoms with E-state index >= 15 is 0 Å². The number of nitrogens with one attached hydrogen (secondary N) is 1. The number of fused-ring (bicyclic) bond motifs is 1. The zero-order valence-electron chi connectivity index (χ0n) is 24.4. The Bertz CT molecular complexity index is 1430. The van der Waals surface area contributed by atoms with Gasteiger partial charge in [0.15, 0.2) is 11.7 Å². The highest BCUT2D eigenvalue weighted by Crippen LogP contribution is 2.28. The minimum Gasteiger partial charge on any atom is -0.539 e. The first-order valence-electron chi connectivity index (χ1n) is 12.3. The van der Waals surface area contributed by atoms with Gasteiger partial charge in [-0.05, 0) is 37.6 Å². The van der Waals surface area contributed by atoms with Crippen LogP contribution in [0, 0.1) is 0 Å². The number of methoxy groups -OCH3 is 2. The molecule has 0 spiro atoms. The number of H-pyrrole nitrogens is 1. The number of carboxylic acids is 2. The van der Waals surface area contributed by atoms with Crippen molar-refractivity contribution in [2.75, 3.05) is 34.0 Å². The molecular weight excluding hydrogens is 628 g/mol. The van der Waals surface area contributed by atoms with Gasteiger partial charge in [-0.1, -0.05) is 0 Å². The summed E-state index contributed by atoms with van der Waals surface area (Å²) < 4.78 is 24.1. The molecule has 18 heteroatoms. The minimum atomic E-state index is -2.07. The van der Waals surface area contributed by atoms with E-state index in [0.717, 1.165) is 12.8 Å². The number of quaternary nitrogens is 1. The van der Waals surface area contributed by atoms with E-state index in [1.165, 1.54) is 18.4 Å². The number of carboxylic acid groups (broad SMARTS) is 2. The molecule has 3 aromatic rings. The number of ether oxygens (including phenoxy) is 5. The van der Waals surface area contributed by atoms with Crippen molar-refractivity contribution in [3.63, 3.8) is 0 Å². The number of aromatic nitrogens is 1. The maximum absolute atomic E-state index is 11.8. The number of Topliss-reactive ketones (excluding diaryl/α,β-unsaturated/α-hetero) is 1. The summed E-state index contributed by atoms with van der Waals surface area (Å²) in [6.07, 6.45) is -1.54. The minimum absolute atomic E-state index is 0.00148. The molecule has 0 fully saturated rings. The monoisotopic (exact) mass is 660 g/mol. The van der Waals surface area contributed by atoms with Crippen molar-refractivity contribution in [2.45, 2.75) is 26.9 Å². The number of thiophene rings is 2. The number of aromatic amines is 1. The maximum atomic E-state index is 11.8. The topological polar surface area (TPSA) is 252 Å². The number of pyridine rings is 1. The molecule has 44 heavy (non-hydrogen) atoms. The lowest BCUT2D eigenvalue weighted by molar-refractivity contribution is -0.303. The highest BCUT2D eigenvalue weighted by molar-refractivity contribution is 7.17. The highest BCUT2D eigenvalue weighted by Gasteiger charge is 2.34. The average molecular weight is 661 g/mol. The van der Waals surface area contributed by atoms with E-state index in [1.54, 1.807) is 43.6 Å². The number of rotatable bonds is 9. The zero-order chi connectivity index (χ0) is 33.8. The largest absolute Gasteiger partial charge is 0.539 e. The van der Waals surface area contributed by atoms with Gasteiger partial charge < -0.3 is 49.4 Å². The van der Waals surface area contributed by atoms with Gasteiger partial charge in [0, 0.05) is 13.2 Å². The summed E-state index contributed by atoms with van der Waals surface area (Å²) >= 11 is 3.03. The molecule has 0 bridgehead atoms. The van der Waals surface area contributed by atoms with E-state index in [-0.39, 0.29) is 31.1 Å². The molecule has 242 valence electrons. The van der Waals surface area contributed by atoms with Crippen molar-refractivity contribution in [1.82, 2.24) is 4.98 Å². The molecule has 5 N–H and O–H groups in total. The van der Waals surface area contributed by atoms with Crippen LogP contribution in [0.4, 0.5) is 5.69 Å². The van der Waals surface area contributed by atoms with Gasteiger partial charge in [-0.3, -0.25) is 9.59 Å². The molecular formula is C26H32N2O14S2. The summed E-state index contributed by atoms with van der Waals surface area (Å²) in [4.78, 5) is 77.6. The van der Waals surface area contributed by atoms with Gasteiger partial charge in [0.2, 0.25) is 6.10 Å². The Labute approximate surface area is 258 Å². The lowest BCUT2D eigenvalue weighted by Gasteiger charge is -2.11. The summed E-state index contributed by atoms with van der Waals surface area (Å²) in [6.45, 7) is 5.26. The molecule has 0 saturated heterocycles. The van der Waals surface area contributed by atoms with Crippen molar-refractivity contribution in [3.8, 4) is 5.75 Å². The molecule has 3 heterocycles. The van der Waals surface area contributed by atoms with E-state index < -0.39 is 47.3 Å². The van der Waals surface area contributed by atoms with Crippen molar-refractivity contribution in [3.05, 3.63) is 44.2 Å². The molecule has 0 amide bonds. The van der Waals surface area contributed by atoms with Gasteiger partial charge >= 0.3 is 23.9 Å². The van der Waals surface area contributed by atoms with Gasteiger partial charge in [0.1, 0.15) is 11.3 Å². The SMILES string of the molecule is CCOC(=O)C(=O)C(OC)C(=O)OCC.CCOC(=O)c1c(OC)c(=O)[nH]c2ccsc12.O=C([O-])C(=O)O.[NH3+]c1ccsc1. The van der Waals surface area contributed by atoms with Crippen LogP contribution in [-0.4, -0.2) is 85.9 Å².